The molecule has 2 N–H and O–H groups in total. The predicted molar refractivity (Wildman–Crippen MR) is 77.6 cm³/mol. The maximum Gasteiger partial charge on any atom is 0.251 e. The highest BCUT2D eigenvalue weighted by atomic mass is 16.2. The van der Waals surface area contributed by atoms with Crippen molar-refractivity contribution in [2.24, 2.45) is 0 Å². The summed E-state index contributed by atoms with van der Waals surface area (Å²) < 4.78 is 0. The Bertz CT molecular complexity index is 482. The first kappa shape index (κ1) is 14.5. The van der Waals surface area contributed by atoms with E-state index in [-0.39, 0.29) is 11.8 Å². The van der Waals surface area contributed by atoms with Crippen molar-refractivity contribution in [3.63, 3.8) is 0 Å². The molecule has 1 heterocycles. The van der Waals surface area contributed by atoms with Gasteiger partial charge in [0.2, 0.25) is 5.91 Å². The molecular weight excluding hydrogens is 254 g/mol. The number of rotatable bonds is 4. The Hall–Kier alpha value is -1.88. The summed E-state index contributed by atoms with van der Waals surface area (Å²) in [4.78, 5) is 25.7. The van der Waals surface area contributed by atoms with Gasteiger partial charge in [0.15, 0.2) is 0 Å². The lowest BCUT2D eigenvalue weighted by molar-refractivity contribution is -0.131. The highest BCUT2D eigenvalue weighted by Gasteiger charge is 2.15. The second-order valence-electron chi connectivity index (χ2n) is 5.01. The van der Waals surface area contributed by atoms with Gasteiger partial charge < -0.3 is 15.5 Å². The van der Waals surface area contributed by atoms with E-state index in [0.29, 0.717) is 18.5 Å². The fourth-order valence-electron chi connectivity index (χ4n) is 2.24. The van der Waals surface area contributed by atoms with Crippen LogP contribution >= 0.6 is 0 Å². The number of hydrogen-bond acceptors (Lipinski definition) is 3. The molecule has 5 heteroatoms. The lowest BCUT2D eigenvalue weighted by atomic mass is 10.1. The number of nitrogens with one attached hydrogen (secondary N) is 2. The van der Waals surface area contributed by atoms with Gasteiger partial charge >= 0.3 is 0 Å². The predicted octanol–water partition coefficient (Wildman–Crippen LogP) is 0.547. The van der Waals surface area contributed by atoms with Gasteiger partial charge in [-0.1, -0.05) is 17.7 Å². The van der Waals surface area contributed by atoms with E-state index in [1.165, 1.54) is 0 Å². The van der Waals surface area contributed by atoms with Crippen LogP contribution in [0.25, 0.3) is 0 Å². The minimum Gasteiger partial charge on any atom is -0.352 e. The SMILES string of the molecule is Cc1cccc(C(=O)NCCC(=O)N2CCNCC2)c1. The molecule has 0 saturated carbocycles. The molecule has 1 aromatic rings. The molecule has 2 rings (SSSR count). The third-order valence-corrected chi connectivity index (χ3v) is 3.37. The molecule has 5 nitrogen and oxygen atoms in total. The van der Waals surface area contributed by atoms with Crippen LogP contribution in [-0.2, 0) is 4.79 Å². The van der Waals surface area contributed by atoms with Gasteiger partial charge in [-0.25, -0.2) is 0 Å². The van der Waals surface area contributed by atoms with Crippen LogP contribution in [0.5, 0.6) is 0 Å². The molecule has 2 amide bonds. The van der Waals surface area contributed by atoms with Gasteiger partial charge in [0.25, 0.3) is 5.91 Å². The molecule has 1 fully saturated rings. The average molecular weight is 275 g/mol. The largest absolute Gasteiger partial charge is 0.352 e. The molecule has 0 unspecified atom stereocenters. The molecule has 0 spiro atoms. The maximum atomic E-state index is 11.9. The van der Waals surface area contributed by atoms with Crippen molar-refractivity contribution in [3.8, 4) is 0 Å². The standard InChI is InChI=1S/C15H21N3O2/c1-12-3-2-4-13(11-12)15(20)17-6-5-14(19)18-9-7-16-8-10-18/h2-4,11,16H,5-10H2,1H3,(H,17,20). The number of benzene rings is 1. The lowest BCUT2D eigenvalue weighted by Gasteiger charge is -2.27. The van der Waals surface area contributed by atoms with E-state index in [1.807, 2.05) is 30.0 Å². The van der Waals surface area contributed by atoms with Gasteiger partial charge in [-0.2, -0.15) is 0 Å². The molecule has 1 saturated heterocycles. The fourth-order valence-corrected chi connectivity index (χ4v) is 2.24. The highest BCUT2D eigenvalue weighted by Crippen LogP contribution is 2.03. The molecule has 1 aliphatic heterocycles. The number of aryl methyl sites for hydroxylation is 1. The minimum atomic E-state index is -0.123. The maximum absolute atomic E-state index is 11.9. The molecular formula is C15H21N3O2. The average Bonchev–Trinajstić information content (AvgIpc) is 2.48. The van der Waals surface area contributed by atoms with Crippen LogP contribution in [-0.4, -0.2) is 49.4 Å². The van der Waals surface area contributed by atoms with Crippen LogP contribution in [0.2, 0.25) is 0 Å². The van der Waals surface area contributed by atoms with E-state index in [1.54, 1.807) is 6.07 Å². The summed E-state index contributed by atoms with van der Waals surface area (Å²) >= 11 is 0. The van der Waals surface area contributed by atoms with E-state index in [2.05, 4.69) is 10.6 Å². The summed E-state index contributed by atoms with van der Waals surface area (Å²) in [5.41, 5.74) is 1.69. The summed E-state index contributed by atoms with van der Waals surface area (Å²) in [5, 5.41) is 6.00. The zero-order chi connectivity index (χ0) is 14.4. The summed E-state index contributed by atoms with van der Waals surface area (Å²) in [6.45, 7) is 5.54. The Balaban J connectivity index is 1.75. The van der Waals surface area contributed by atoms with E-state index >= 15 is 0 Å². The van der Waals surface area contributed by atoms with Crippen molar-refractivity contribution >= 4 is 11.8 Å². The summed E-state index contributed by atoms with van der Waals surface area (Å²) in [6, 6.07) is 7.43. The van der Waals surface area contributed by atoms with Crippen LogP contribution in [0.4, 0.5) is 0 Å². The highest BCUT2D eigenvalue weighted by molar-refractivity contribution is 5.94. The van der Waals surface area contributed by atoms with E-state index < -0.39 is 0 Å². The molecule has 0 radical (unpaired) electrons. The third kappa shape index (κ3) is 4.06. The van der Waals surface area contributed by atoms with Gasteiger partial charge in [-0.15, -0.1) is 0 Å². The van der Waals surface area contributed by atoms with Crippen LogP contribution in [0.15, 0.2) is 24.3 Å². The molecule has 0 atom stereocenters. The first-order valence-corrected chi connectivity index (χ1v) is 7.00. The second-order valence-corrected chi connectivity index (χ2v) is 5.01. The van der Waals surface area contributed by atoms with Crippen LogP contribution < -0.4 is 10.6 Å². The quantitative estimate of drug-likeness (QED) is 0.843. The van der Waals surface area contributed by atoms with Gasteiger partial charge in [0, 0.05) is 44.7 Å². The lowest BCUT2D eigenvalue weighted by Crippen LogP contribution is -2.47. The molecule has 0 bridgehead atoms. The number of carbonyl (C=O) groups excluding carboxylic acids is 2. The summed E-state index contributed by atoms with van der Waals surface area (Å²) in [5.74, 6) is -0.0159. The Kier molecular flexibility index (Phi) is 5.12. The fraction of sp³-hybridized carbons (Fsp3) is 0.467. The zero-order valence-corrected chi connectivity index (χ0v) is 11.8. The number of hydrogen-bond donors (Lipinski definition) is 2. The van der Waals surface area contributed by atoms with Crippen LogP contribution in [0, 0.1) is 6.92 Å². The number of carbonyl (C=O) groups is 2. The Morgan fingerprint density at radius 1 is 1.30 bits per heavy atom. The normalized spacial score (nSPS) is 14.9. The van der Waals surface area contributed by atoms with Crippen LogP contribution in [0.1, 0.15) is 22.3 Å². The molecule has 0 aromatic heterocycles. The van der Waals surface area contributed by atoms with Gasteiger partial charge in [0.05, 0.1) is 0 Å². The molecule has 20 heavy (non-hydrogen) atoms. The Labute approximate surface area is 119 Å². The number of amides is 2. The summed E-state index contributed by atoms with van der Waals surface area (Å²) in [6.07, 6.45) is 0.359. The van der Waals surface area contributed by atoms with Crippen molar-refractivity contribution in [3.05, 3.63) is 35.4 Å². The topological polar surface area (TPSA) is 61.4 Å². The number of nitrogens with zero attached hydrogens (tertiary/aromatic N) is 1. The van der Waals surface area contributed by atoms with Crippen molar-refractivity contribution in [2.75, 3.05) is 32.7 Å². The number of piperazine rings is 1. The molecule has 108 valence electrons. The van der Waals surface area contributed by atoms with Crippen molar-refractivity contribution in [1.82, 2.24) is 15.5 Å². The van der Waals surface area contributed by atoms with Crippen molar-refractivity contribution in [2.45, 2.75) is 13.3 Å². The monoisotopic (exact) mass is 275 g/mol. The zero-order valence-electron chi connectivity index (χ0n) is 11.8. The van der Waals surface area contributed by atoms with Crippen molar-refractivity contribution in [1.29, 1.82) is 0 Å². The second kappa shape index (κ2) is 7.05. The first-order valence-electron chi connectivity index (χ1n) is 7.00. The summed E-state index contributed by atoms with van der Waals surface area (Å²) in [7, 11) is 0. The van der Waals surface area contributed by atoms with Gasteiger partial charge in [-0.3, -0.25) is 9.59 Å². The van der Waals surface area contributed by atoms with E-state index in [0.717, 1.165) is 31.7 Å². The minimum absolute atomic E-state index is 0.107. The molecule has 0 aliphatic carbocycles. The van der Waals surface area contributed by atoms with Gasteiger partial charge in [0.1, 0.15) is 0 Å². The van der Waals surface area contributed by atoms with E-state index in [4.69, 9.17) is 0 Å². The molecule has 1 aliphatic rings. The Morgan fingerprint density at radius 2 is 2.05 bits per heavy atom. The third-order valence-electron chi connectivity index (χ3n) is 3.37. The molecule has 1 aromatic carbocycles. The van der Waals surface area contributed by atoms with Gasteiger partial charge in [-0.05, 0) is 19.1 Å². The van der Waals surface area contributed by atoms with E-state index in [9.17, 15) is 9.59 Å². The smallest absolute Gasteiger partial charge is 0.251 e. The van der Waals surface area contributed by atoms with Crippen molar-refractivity contribution < 1.29 is 9.59 Å². The Morgan fingerprint density at radius 3 is 2.75 bits per heavy atom. The van der Waals surface area contributed by atoms with Crippen LogP contribution in [0.3, 0.4) is 0 Å². The first-order chi connectivity index (χ1) is 9.66.